The van der Waals surface area contributed by atoms with Crippen molar-refractivity contribution in [3.05, 3.63) is 59.2 Å². The normalized spacial score (nSPS) is 26.2. The highest BCUT2D eigenvalue weighted by molar-refractivity contribution is 5.75. The molecule has 2 heterocycles. The molecule has 0 bridgehead atoms. The van der Waals surface area contributed by atoms with Crippen LogP contribution >= 0.6 is 0 Å². The van der Waals surface area contributed by atoms with Gasteiger partial charge in [0.2, 0.25) is 0 Å². The Kier molecular flexibility index (Phi) is 4.06. The molecule has 4 rings (SSSR count). The molecule has 2 aromatic carbocycles. The number of rotatable bonds is 4. The zero-order valence-corrected chi connectivity index (χ0v) is 16.2. The minimum Gasteiger partial charge on any atom is -0.493 e. The second kappa shape index (κ2) is 6.19. The lowest BCUT2D eigenvalue weighted by Gasteiger charge is -2.46. The van der Waals surface area contributed by atoms with Crippen molar-refractivity contribution in [3.8, 4) is 11.5 Å². The maximum atomic E-state index is 12.8. The van der Waals surface area contributed by atoms with E-state index in [0.29, 0.717) is 24.5 Å². The van der Waals surface area contributed by atoms with Crippen LogP contribution in [0.2, 0.25) is 0 Å². The minimum absolute atomic E-state index is 0.253. The summed E-state index contributed by atoms with van der Waals surface area (Å²) in [6, 6.07) is 14.2. The van der Waals surface area contributed by atoms with E-state index in [-0.39, 0.29) is 6.09 Å². The maximum Gasteiger partial charge on any atom is 0.411 e. The molecule has 0 spiro atoms. The van der Waals surface area contributed by atoms with Crippen molar-refractivity contribution < 1.29 is 19.0 Å². The van der Waals surface area contributed by atoms with Crippen LogP contribution in [0.4, 0.5) is 4.79 Å². The molecule has 2 aromatic rings. The summed E-state index contributed by atoms with van der Waals surface area (Å²) in [6.07, 6.45) is 1.15. The van der Waals surface area contributed by atoms with Gasteiger partial charge in [0, 0.05) is 13.0 Å². The Morgan fingerprint density at radius 2 is 1.74 bits per heavy atom. The SMILES string of the molecule is COc1cc2c(cc1OC)[C@@]1(C)N(CC2)C(=O)O[C@@]1(C)Cc1ccccc1. The van der Waals surface area contributed by atoms with E-state index in [0.717, 1.165) is 17.5 Å². The third-order valence-corrected chi connectivity index (χ3v) is 6.23. The zero-order valence-electron chi connectivity index (χ0n) is 16.2. The number of hydrogen-bond acceptors (Lipinski definition) is 4. The number of methoxy groups -OCH3 is 2. The van der Waals surface area contributed by atoms with Crippen molar-refractivity contribution >= 4 is 6.09 Å². The van der Waals surface area contributed by atoms with Crippen LogP contribution in [0.3, 0.4) is 0 Å². The van der Waals surface area contributed by atoms with Gasteiger partial charge in [0.25, 0.3) is 0 Å². The quantitative estimate of drug-likeness (QED) is 0.822. The van der Waals surface area contributed by atoms with E-state index < -0.39 is 11.1 Å². The summed E-state index contributed by atoms with van der Waals surface area (Å²) in [4.78, 5) is 14.6. The molecule has 5 heteroatoms. The van der Waals surface area contributed by atoms with Crippen molar-refractivity contribution in [1.82, 2.24) is 4.90 Å². The van der Waals surface area contributed by atoms with Crippen molar-refractivity contribution in [2.45, 2.75) is 37.8 Å². The van der Waals surface area contributed by atoms with Crippen molar-refractivity contribution in [2.24, 2.45) is 0 Å². The van der Waals surface area contributed by atoms with Gasteiger partial charge in [-0.2, -0.15) is 0 Å². The predicted octanol–water partition coefficient (Wildman–Crippen LogP) is 3.93. The number of ether oxygens (including phenoxy) is 3. The van der Waals surface area contributed by atoms with Gasteiger partial charge in [-0.3, -0.25) is 4.90 Å². The fourth-order valence-electron chi connectivity index (χ4n) is 4.57. The molecule has 0 N–H and O–H groups in total. The van der Waals surface area contributed by atoms with E-state index in [1.807, 2.05) is 42.2 Å². The van der Waals surface area contributed by atoms with Crippen LogP contribution in [-0.2, 0) is 23.1 Å². The van der Waals surface area contributed by atoms with Gasteiger partial charge in [0.05, 0.1) is 14.2 Å². The molecule has 5 nitrogen and oxygen atoms in total. The van der Waals surface area contributed by atoms with Crippen LogP contribution in [0.5, 0.6) is 11.5 Å². The van der Waals surface area contributed by atoms with E-state index in [4.69, 9.17) is 14.2 Å². The lowest BCUT2D eigenvalue weighted by Crippen LogP contribution is -2.56. The molecule has 0 unspecified atom stereocenters. The molecule has 27 heavy (non-hydrogen) atoms. The Morgan fingerprint density at radius 3 is 2.41 bits per heavy atom. The van der Waals surface area contributed by atoms with Crippen LogP contribution in [0.25, 0.3) is 0 Å². The molecule has 2 aliphatic rings. The van der Waals surface area contributed by atoms with E-state index in [1.54, 1.807) is 14.2 Å². The van der Waals surface area contributed by atoms with Gasteiger partial charge < -0.3 is 14.2 Å². The summed E-state index contributed by atoms with van der Waals surface area (Å²) in [6.45, 7) is 4.76. The van der Waals surface area contributed by atoms with Crippen LogP contribution in [0, 0.1) is 0 Å². The highest BCUT2D eigenvalue weighted by Gasteiger charge is 2.62. The largest absolute Gasteiger partial charge is 0.493 e. The molecular weight excluding hydrogens is 342 g/mol. The highest BCUT2D eigenvalue weighted by Crippen LogP contribution is 2.53. The Labute approximate surface area is 159 Å². The van der Waals surface area contributed by atoms with E-state index in [1.165, 1.54) is 5.56 Å². The van der Waals surface area contributed by atoms with Crippen LogP contribution in [0.15, 0.2) is 42.5 Å². The lowest BCUT2D eigenvalue weighted by molar-refractivity contribution is 0.00226. The molecular formula is C22H25NO4. The first-order valence-electron chi connectivity index (χ1n) is 9.23. The molecule has 2 atom stereocenters. The first-order valence-corrected chi connectivity index (χ1v) is 9.23. The molecule has 1 amide bonds. The Hall–Kier alpha value is -2.69. The second-order valence-electron chi connectivity index (χ2n) is 7.60. The predicted molar refractivity (Wildman–Crippen MR) is 102 cm³/mol. The summed E-state index contributed by atoms with van der Waals surface area (Å²) < 4.78 is 17.0. The van der Waals surface area contributed by atoms with Crippen molar-refractivity contribution in [3.63, 3.8) is 0 Å². The molecule has 0 radical (unpaired) electrons. The third kappa shape index (κ3) is 2.48. The number of hydrogen-bond donors (Lipinski definition) is 0. The van der Waals surface area contributed by atoms with Gasteiger partial charge in [-0.05, 0) is 49.1 Å². The smallest absolute Gasteiger partial charge is 0.411 e. The van der Waals surface area contributed by atoms with Gasteiger partial charge in [0.15, 0.2) is 11.5 Å². The lowest BCUT2D eigenvalue weighted by atomic mass is 9.70. The van der Waals surface area contributed by atoms with Crippen molar-refractivity contribution in [2.75, 3.05) is 20.8 Å². The number of fused-ring (bicyclic) bond motifs is 3. The summed E-state index contributed by atoms with van der Waals surface area (Å²) in [7, 11) is 3.27. The number of amides is 1. The molecule has 2 aliphatic heterocycles. The van der Waals surface area contributed by atoms with Gasteiger partial charge in [-0.25, -0.2) is 4.79 Å². The molecule has 0 aromatic heterocycles. The minimum atomic E-state index is -0.694. The fraction of sp³-hybridized carbons (Fsp3) is 0.409. The number of carbonyl (C=O) groups is 1. The molecule has 0 aliphatic carbocycles. The summed E-state index contributed by atoms with van der Waals surface area (Å²) >= 11 is 0. The average molecular weight is 367 g/mol. The standard InChI is InChI=1S/C22H25NO4/c1-21(14-15-8-6-5-7-9-15)22(2)17-13-19(26-4)18(25-3)12-16(17)10-11-23(22)20(24)27-21/h5-9,12-13H,10-11,14H2,1-4H3/t21-,22+/m0/s1. The maximum absolute atomic E-state index is 12.8. The van der Waals surface area contributed by atoms with Crippen LogP contribution in [-0.4, -0.2) is 37.4 Å². The number of nitrogens with zero attached hydrogens (tertiary/aromatic N) is 1. The van der Waals surface area contributed by atoms with Crippen LogP contribution < -0.4 is 9.47 Å². The van der Waals surface area contributed by atoms with Crippen LogP contribution in [0.1, 0.15) is 30.5 Å². The van der Waals surface area contributed by atoms with Gasteiger partial charge in [-0.15, -0.1) is 0 Å². The van der Waals surface area contributed by atoms with Gasteiger partial charge in [0.1, 0.15) is 11.1 Å². The molecule has 1 fully saturated rings. The van der Waals surface area contributed by atoms with Gasteiger partial charge >= 0.3 is 6.09 Å². The third-order valence-electron chi connectivity index (χ3n) is 6.23. The fourth-order valence-corrected chi connectivity index (χ4v) is 4.57. The number of cyclic esters (lactones) is 1. The second-order valence-corrected chi connectivity index (χ2v) is 7.60. The summed E-state index contributed by atoms with van der Waals surface area (Å²) in [5.74, 6) is 1.38. The monoisotopic (exact) mass is 367 g/mol. The highest BCUT2D eigenvalue weighted by atomic mass is 16.6. The molecule has 1 saturated heterocycles. The van der Waals surface area contributed by atoms with E-state index >= 15 is 0 Å². The zero-order chi connectivity index (χ0) is 19.2. The number of carbonyl (C=O) groups excluding carboxylic acids is 1. The van der Waals surface area contributed by atoms with E-state index in [9.17, 15) is 4.79 Å². The summed E-state index contributed by atoms with van der Waals surface area (Å²) in [5.41, 5.74) is 2.09. The number of benzene rings is 2. The topological polar surface area (TPSA) is 48.0 Å². The Morgan fingerprint density at radius 1 is 1.07 bits per heavy atom. The van der Waals surface area contributed by atoms with Crippen molar-refractivity contribution in [1.29, 1.82) is 0 Å². The Bertz CT molecular complexity index is 881. The van der Waals surface area contributed by atoms with E-state index in [2.05, 4.69) is 19.1 Å². The first kappa shape index (κ1) is 17.7. The molecule has 142 valence electrons. The first-order chi connectivity index (χ1) is 12.9. The van der Waals surface area contributed by atoms with Gasteiger partial charge in [-0.1, -0.05) is 30.3 Å². The Balaban J connectivity index is 1.86. The summed E-state index contributed by atoms with van der Waals surface area (Å²) in [5, 5.41) is 0. The average Bonchev–Trinajstić information content (AvgIpc) is 2.87. The molecule has 0 saturated carbocycles.